The lowest BCUT2D eigenvalue weighted by atomic mass is 10.2. The third-order valence-corrected chi connectivity index (χ3v) is 3.76. The van der Waals surface area contributed by atoms with Gasteiger partial charge in [-0.25, -0.2) is 5.01 Å². The summed E-state index contributed by atoms with van der Waals surface area (Å²) in [6, 6.07) is 6.84. The molecule has 0 aliphatic carbocycles. The summed E-state index contributed by atoms with van der Waals surface area (Å²) in [5.74, 6) is -0.545. The fourth-order valence-electron chi connectivity index (χ4n) is 1.88. The number of ether oxygens (including phenoxy) is 1. The number of hydrogen-bond acceptors (Lipinski definition) is 6. The molecule has 0 fully saturated rings. The van der Waals surface area contributed by atoms with E-state index in [0.717, 1.165) is 5.56 Å². The van der Waals surface area contributed by atoms with Crippen LogP contribution in [0.4, 0.5) is 0 Å². The average Bonchev–Trinajstić information content (AvgIpc) is 2.81. The molecule has 0 radical (unpaired) electrons. The maximum absolute atomic E-state index is 11.7. The Morgan fingerprint density at radius 1 is 1.27 bits per heavy atom. The van der Waals surface area contributed by atoms with Gasteiger partial charge in [0, 0.05) is 20.8 Å². The van der Waals surface area contributed by atoms with Gasteiger partial charge >= 0.3 is 5.97 Å². The first-order valence-corrected chi connectivity index (χ1v) is 7.36. The molecule has 1 aromatic rings. The second kappa shape index (κ2) is 6.61. The summed E-state index contributed by atoms with van der Waals surface area (Å²) < 4.78 is 5.04. The van der Waals surface area contributed by atoms with Gasteiger partial charge in [-0.2, -0.15) is 0 Å². The van der Waals surface area contributed by atoms with E-state index in [1.54, 1.807) is 24.3 Å². The topological polar surface area (TPSA) is 88.1 Å². The van der Waals surface area contributed by atoms with Crippen molar-refractivity contribution in [3.8, 4) is 5.75 Å². The third kappa shape index (κ3) is 3.85. The molecule has 7 nitrogen and oxygen atoms in total. The molecule has 1 aromatic carbocycles. The fourth-order valence-corrected chi connectivity index (χ4v) is 3.00. The predicted molar refractivity (Wildman–Crippen MR) is 81.9 cm³/mol. The number of carbonyl (C=O) groups excluding carboxylic acids is 3. The molecule has 1 N–H and O–H groups in total. The van der Waals surface area contributed by atoms with Gasteiger partial charge in [-0.1, -0.05) is 23.9 Å². The number of hydrogen-bond donors (Lipinski definition) is 1. The zero-order chi connectivity index (χ0) is 16.3. The van der Waals surface area contributed by atoms with Crippen molar-refractivity contribution >= 4 is 34.7 Å². The molecule has 0 spiro atoms. The molecular weight excluding hydrogens is 306 g/mol. The van der Waals surface area contributed by atoms with Crippen molar-refractivity contribution in [2.24, 2.45) is 5.10 Å². The zero-order valence-electron chi connectivity index (χ0n) is 12.3. The van der Waals surface area contributed by atoms with Crippen LogP contribution in [0.25, 0.3) is 0 Å². The molecule has 1 unspecified atom stereocenters. The smallest absolute Gasteiger partial charge is 0.308 e. The van der Waals surface area contributed by atoms with Crippen molar-refractivity contribution in [3.63, 3.8) is 0 Å². The molecular formula is C14H15N3O4S. The normalized spacial score (nSPS) is 17.0. The van der Waals surface area contributed by atoms with Crippen molar-refractivity contribution in [2.45, 2.75) is 26.1 Å². The molecule has 2 amide bonds. The predicted octanol–water partition coefficient (Wildman–Crippen LogP) is 1.61. The molecule has 1 aliphatic rings. The van der Waals surface area contributed by atoms with Crippen LogP contribution in [0.15, 0.2) is 29.4 Å². The van der Waals surface area contributed by atoms with Crippen LogP contribution in [0.5, 0.6) is 5.75 Å². The van der Waals surface area contributed by atoms with E-state index in [9.17, 15) is 14.4 Å². The molecule has 1 aliphatic heterocycles. The summed E-state index contributed by atoms with van der Waals surface area (Å²) >= 11 is 1.24. The number of amides is 2. The molecule has 0 saturated heterocycles. The summed E-state index contributed by atoms with van der Waals surface area (Å²) in [6.07, 6.45) is 0. The van der Waals surface area contributed by atoms with Gasteiger partial charge in [-0.05, 0) is 17.7 Å². The number of rotatable bonds is 2. The van der Waals surface area contributed by atoms with Gasteiger partial charge < -0.3 is 10.1 Å². The Labute approximate surface area is 131 Å². The van der Waals surface area contributed by atoms with Crippen molar-refractivity contribution in [1.29, 1.82) is 0 Å². The standard InChI is InChI=1S/C14H15N3O4S/c1-8(18)15-14-16-17(9(2)19)13(22-14)11-5-4-6-12(7-11)21-10(3)20/h4-7,13H,1-3H3,(H,15,16,18). The Bertz CT molecular complexity index is 659. The highest BCUT2D eigenvalue weighted by atomic mass is 32.2. The Kier molecular flexibility index (Phi) is 4.81. The summed E-state index contributed by atoms with van der Waals surface area (Å²) in [6.45, 7) is 4.08. The van der Waals surface area contributed by atoms with E-state index in [1.807, 2.05) is 0 Å². The van der Waals surface area contributed by atoms with Crippen molar-refractivity contribution in [3.05, 3.63) is 29.8 Å². The van der Waals surface area contributed by atoms with Crippen molar-refractivity contribution in [1.82, 2.24) is 10.3 Å². The van der Waals surface area contributed by atoms with Gasteiger partial charge in [0.1, 0.15) is 11.1 Å². The minimum Gasteiger partial charge on any atom is -0.427 e. The SMILES string of the molecule is CC(=O)NC1=NN(C(C)=O)C(c2cccc(OC(C)=O)c2)S1. The Morgan fingerprint density at radius 3 is 2.59 bits per heavy atom. The molecule has 2 rings (SSSR count). The number of benzene rings is 1. The van der Waals surface area contributed by atoms with E-state index in [4.69, 9.17) is 4.74 Å². The van der Waals surface area contributed by atoms with Crippen LogP contribution in [0.1, 0.15) is 31.7 Å². The Hall–Kier alpha value is -2.35. The summed E-state index contributed by atoms with van der Waals surface area (Å²) in [4.78, 5) is 33.9. The van der Waals surface area contributed by atoms with Crippen LogP contribution in [-0.2, 0) is 14.4 Å². The number of nitrogens with one attached hydrogen (secondary N) is 1. The molecule has 0 bridgehead atoms. The van der Waals surface area contributed by atoms with E-state index in [1.165, 1.54) is 37.5 Å². The average molecular weight is 321 g/mol. The minimum atomic E-state index is -0.421. The van der Waals surface area contributed by atoms with Crippen LogP contribution in [-0.4, -0.2) is 28.0 Å². The van der Waals surface area contributed by atoms with E-state index in [-0.39, 0.29) is 11.8 Å². The highest BCUT2D eigenvalue weighted by Crippen LogP contribution is 2.39. The summed E-state index contributed by atoms with van der Waals surface area (Å²) in [5, 5.41) is 7.88. The first-order chi connectivity index (χ1) is 10.4. The maximum Gasteiger partial charge on any atom is 0.308 e. The van der Waals surface area contributed by atoms with Gasteiger partial charge in [0.15, 0.2) is 5.17 Å². The molecule has 22 heavy (non-hydrogen) atoms. The number of amidine groups is 1. The highest BCUT2D eigenvalue weighted by molar-refractivity contribution is 8.14. The lowest BCUT2D eigenvalue weighted by molar-refractivity contribution is -0.132. The van der Waals surface area contributed by atoms with Crippen LogP contribution >= 0.6 is 11.8 Å². The van der Waals surface area contributed by atoms with E-state index < -0.39 is 11.3 Å². The number of thioether (sulfide) groups is 1. The van der Waals surface area contributed by atoms with Crippen LogP contribution in [0.3, 0.4) is 0 Å². The van der Waals surface area contributed by atoms with Crippen LogP contribution in [0, 0.1) is 0 Å². The van der Waals surface area contributed by atoms with Crippen molar-refractivity contribution < 1.29 is 19.1 Å². The third-order valence-electron chi connectivity index (χ3n) is 2.65. The van der Waals surface area contributed by atoms with Gasteiger partial charge in [0.05, 0.1) is 0 Å². The second-order valence-corrected chi connectivity index (χ2v) is 5.66. The first-order valence-electron chi connectivity index (χ1n) is 6.48. The molecule has 8 heteroatoms. The Morgan fingerprint density at radius 2 is 2.00 bits per heavy atom. The lowest BCUT2D eigenvalue weighted by Gasteiger charge is -2.19. The minimum absolute atomic E-state index is 0.254. The monoisotopic (exact) mass is 321 g/mol. The molecule has 1 heterocycles. The molecule has 0 saturated carbocycles. The lowest BCUT2D eigenvalue weighted by Crippen LogP contribution is -2.25. The number of esters is 1. The van der Waals surface area contributed by atoms with Crippen molar-refractivity contribution in [2.75, 3.05) is 0 Å². The maximum atomic E-state index is 11.7. The number of carbonyl (C=O) groups is 3. The molecule has 1 atom stereocenters. The molecule has 0 aromatic heterocycles. The first kappa shape index (κ1) is 16.0. The second-order valence-electron chi connectivity index (χ2n) is 4.59. The van der Waals surface area contributed by atoms with E-state index in [0.29, 0.717) is 10.9 Å². The summed E-state index contributed by atoms with van der Waals surface area (Å²) in [5.41, 5.74) is 0.739. The zero-order valence-corrected chi connectivity index (χ0v) is 13.1. The van der Waals surface area contributed by atoms with E-state index in [2.05, 4.69) is 10.4 Å². The van der Waals surface area contributed by atoms with Crippen LogP contribution in [0.2, 0.25) is 0 Å². The van der Waals surface area contributed by atoms with Gasteiger partial charge in [0.2, 0.25) is 11.8 Å². The fraction of sp³-hybridized carbons (Fsp3) is 0.286. The van der Waals surface area contributed by atoms with Gasteiger partial charge in [-0.15, -0.1) is 5.10 Å². The molecule has 116 valence electrons. The quantitative estimate of drug-likeness (QED) is 0.660. The van der Waals surface area contributed by atoms with Gasteiger partial charge in [-0.3, -0.25) is 14.4 Å². The summed E-state index contributed by atoms with van der Waals surface area (Å²) in [7, 11) is 0. The Balaban J connectivity index is 2.25. The highest BCUT2D eigenvalue weighted by Gasteiger charge is 2.32. The van der Waals surface area contributed by atoms with Gasteiger partial charge in [0.25, 0.3) is 0 Å². The largest absolute Gasteiger partial charge is 0.427 e. The number of hydrazone groups is 1. The van der Waals surface area contributed by atoms with E-state index >= 15 is 0 Å². The van der Waals surface area contributed by atoms with Crippen LogP contribution < -0.4 is 10.1 Å². The number of nitrogens with zero attached hydrogens (tertiary/aromatic N) is 2.